The van der Waals surface area contributed by atoms with Crippen LogP contribution in [0.3, 0.4) is 0 Å². The molecule has 1 amide bonds. The highest BCUT2D eigenvalue weighted by molar-refractivity contribution is 5.81. The summed E-state index contributed by atoms with van der Waals surface area (Å²) < 4.78 is 10.9. The standard InChI is InChI=1S/C13H22N2O3/c16-13(10-3-4-10)14-11-2-1-5-15(8-11)9-12-17-6-7-18-12/h10-12H,1-9H2,(H,14,16). The first-order chi connectivity index (χ1) is 8.81. The maximum absolute atomic E-state index is 11.7. The lowest BCUT2D eigenvalue weighted by molar-refractivity contribution is -0.123. The number of likely N-dealkylation sites (tertiary alicyclic amines) is 1. The number of hydrogen-bond donors (Lipinski definition) is 1. The lowest BCUT2D eigenvalue weighted by Gasteiger charge is -2.34. The van der Waals surface area contributed by atoms with E-state index in [9.17, 15) is 4.79 Å². The van der Waals surface area contributed by atoms with Crippen molar-refractivity contribution in [1.82, 2.24) is 10.2 Å². The van der Waals surface area contributed by atoms with E-state index < -0.39 is 0 Å². The molecule has 2 aliphatic heterocycles. The fourth-order valence-corrected chi connectivity index (χ4v) is 2.73. The highest BCUT2D eigenvalue weighted by Gasteiger charge is 2.32. The van der Waals surface area contributed by atoms with Gasteiger partial charge in [0.15, 0.2) is 6.29 Å². The first kappa shape index (κ1) is 12.4. The van der Waals surface area contributed by atoms with E-state index in [2.05, 4.69) is 10.2 Å². The van der Waals surface area contributed by atoms with Crippen LogP contribution in [0.1, 0.15) is 25.7 Å². The van der Waals surface area contributed by atoms with E-state index in [0.717, 1.165) is 45.3 Å². The third-order valence-electron chi connectivity index (χ3n) is 3.90. The van der Waals surface area contributed by atoms with Gasteiger partial charge in [0.2, 0.25) is 5.91 Å². The highest BCUT2D eigenvalue weighted by atomic mass is 16.7. The molecule has 0 aromatic rings. The van der Waals surface area contributed by atoms with Crippen molar-refractivity contribution < 1.29 is 14.3 Å². The molecule has 0 spiro atoms. The molecule has 1 N–H and O–H groups in total. The van der Waals surface area contributed by atoms with Crippen LogP contribution in [0.4, 0.5) is 0 Å². The molecule has 1 atom stereocenters. The van der Waals surface area contributed by atoms with Crippen LogP contribution >= 0.6 is 0 Å². The van der Waals surface area contributed by atoms with Crippen molar-refractivity contribution in [3.8, 4) is 0 Å². The summed E-state index contributed by atoms with van der Waals surface area (Å²) in [7, 11) is 0. The molecule has 1 saturated carbocycles. The average molecular weight is 254 g/mol. The van der Waals surface area contributed by atoms with Gasteiger partial charge in [0.25, 0.3) is 0 Å². The Kier molecular flexibility index (Phi) is 3.82. The Bertz CT molecular complexity index is 301. The van der Waals surface area contributed by atoms with Crippen molar-refractivity contribution in [2.45, 2.75) is 38.0 Å². The first-order valence-electron chi connectivity index (χ1n) is 7.07. The van der Waals surface area contributed by atoms with Gasteiger partial charge in [0, 0.05) is 25.0 Å². The van der Waals surface area contributed by atoms with Gasteiger partial charge in [0.1, 0.15) is 0 Å². The molecule has 2 heterocycles. The Morgan fingerprint density at radius 3 is 2.72 bits per heavy atom. The second-order valence-electron chi connectivity index (χ2n) is 5.55. The normalized spacial score (nSPS) is 30.6. The summed E-state index contributed by atoms with van der Waals surface area (Å²) in [6.07, 6.45) is 4.32. The number of carbonyl (C=O) groups excluding carboxylic acids is 1. The summed E-state index contributed by atoms with van der Waals surface area (Å²) in [5.41, 5.74) is 0. The zero-order valence-electron chi connectivity index (χ0n) is 10.8. The van der Waals surface area contributed by atoms with Crippen molar-refractivity contribution in [2.75, 3.05) is 32.8 Å². The Morgan fingerprint density at radius 2 is 2.00 bits per heavy atom. The maximum Gasteiger partial charge on any atom is 0.223 e. The van der Waals surface area contributed by atoms with Crippen LogP contribution in [0.2, 0.25) is 0 Å². The molecule has 0 aromatic heterocycles. The topological polar surface area (TPSA) is 50.8 Å². The second-order valence-corrected chi connectivity index (χ2v) is 5.55. The highest BCUT2D eigenvalue weighted by Crippen LogP contribution is 2.29. The van der Waals surface area contributed by atoms with Gasteiger partial charge in [-0.2, -0.15) is 0 Å². The van der Waals surface area contributed by atoms with E-state index >= 15 is 0 Å². The summed E-state index contributed by atoms with van der Waals surface area (Å²) in [5, 5.41) is 3.17. The number of ether oxygens (including phenoxy) is 2. The van der Waals surface area contributed by atoms with Gasteiger partial charge in [-0.05, 0) is 32.2 Å². The van der Waals surface area contributed by atoms with Crippen LogP contribution in [0.15, 0.2) is 0 Å². The number of nitrogens with one attached hydrogen (secondary N) is 1. The monoisotopic (exact) mass is 254 g/mol. The minimum absolute atomic E-state index is 0.0668. The van der Waals surface area contributed by atoms with E-state index in [0.29, 0.717) is 25.2 Å². The molecular formula is C13H22N2O3. The van der Waals surface area contributed by atoms with Gasteiger partial charge in [0.05, 0.1) is 13.2 Å². The molecule has 3 rings (SSSR count). The fourth-order valence-electron chi connectivity index (χ4n) is 2.73. The summed E-state index contributed by atoms with van der Waals surface area (Å²) in [6.45, 7) is 4.26. The van der Waals surface area contributed by atoms with Crippen LogP contribution in [0.25, 0.3) is 0 Å². The minimum atomic E-state index is -0.0668. The van der Waals surface area contributed by atoms with Crippen molar-refractivity contribution in [3.63, 3.8) is 0 Å². The molecule has 3 aliphatic rings. The van der Waals surface area contributed by atoms with Crippen molar-refractivity contribution in [1.29, 1.82) is 0 Å². The Labute approximate surface area is 108 Å². The molecule has 0 radical (unpaired) electrons. The Hall–Kier alpha value is -0.650. The second kappa shape index (κ2) is 5.55. The molecule has 1 aliphatic carbocycles. The predicted molar refractivity (Wildman–Crippen MR) is 66.0 cm³/mol. The molecule has 0 aromatic carbocycles. The van der Waals surface area contributed by atoms with Crippen LogP contribution in [-0.2, 0) is 14.3 Å². The van der Waals surface area contributed by atoms with Crippen LogP contribution < -0.4 is 5.32 Å². The Morgan fingerprint density at radius 1 is 1.22 bits per heavy atom. The van der Waals surface area contributed by atoms with Gasteiger partial charge < -0.3 is 14.8 Å². The zero-order valence-corrected chi connectivity index (χ0v) is 10.8. The van der Waals surface area contributed by atoms with E-state index in [1.165, 1.54) is 0 Å². The zero-order chi connectivity index (χ0) is 12.4. The summed E-state index contributed by atoms with van der Waals surface area (Å²) in [4.78, 5) is 14.1. The van der Waals surface area contributed by atoms with Crippen LogP contribution in [-0.4, -0.2) is 56.0 Å². The van der Waals surface area contributed by atoms with Gasteiger partial charge in [-0.1, -0.05) is 0 Å². The fraction of sp³-hybridized carbons (Fsp3) is 0.923. The minimum Gasteiger partial charge on any atom is -0.352 e. The van der Waals surface area contributed by atoms with E-state index in [-0.39, 0.29) is 12.2 Å². The maximum atomic E-state index is 11.7. The van der Waals surface area contributed by atoms with Crippen molar-refractivity contribution in [2.24, 2.45) is 5.92 Å². The number of hydrogen-bond acceptors (Lipinski definition) is 4. The van der Waals surface area contributed by atoms with Gasteiger partial charge in [-0.25, -0.2) is 0 Å². The number of rotatable bonds is 4. The quantitative estimate of drug-likeness (QED) is 0.786. The molecule has 2 saturated heterocycles. The van der Waals surface area contributed by atoms with E-state index in [1.807, 2.05) is 0 Å². The molecule has 3 fully saturated rings. The number of nitrogens with zero attached hydrogens (tertiary/aromatic N) is 1. The number of amides is 1. The molecule has 5 heteroatoms. The first-order valence-corrected chi connectivity index (χ1v) is 7.07. The summed E-state index contributed by atoms with van der Waals surface area (Å²) >= 11 is 0. The van der Waals surface area contributed by atoms with Gasteiger partial charge in [-0.15, -0.1) is 0 Å². The van der Waals surface area contributed by atoms with Crippen LogP contribution in [0.5, 0.6) is 0 Å². The largest absolute Gasteiger partial charge is 0.352 e. The SMILES string of the molecule is O=C(NC1CCCN(CC2OCCO2)C1)C1CC1. The van der Waals surface area contributed by atoms with Crippen LogP contribution in [0, 0.1) is 5.92 Å². The van der Waals surface area contributed by atoms with E-state index in [1.54, 1.807) is 0 Å². The summed E-state index contributed by atoms with van der Waals surface area (Å²) in [6, 6.07) is 0.313. The molecule has 18 heavy (non-hydrogen) atoms. The molecule has 1 unspecified atom stereocenters. The van der Waals surface area contributed by atoms with E-state index in [4.69, 9.17) is 9.47 Å². The number of carbonyl (C=O) groups is 1. The molecule has 102 valence electrons. The van der Waals surface area contributed by atoms with Gasteiger partial charge in [-0.3, -0.25) is 9.69 Å². The smallest absolute Gasteiger partial charge is 0.223 e. The third-order valence-corrected chi connectivity index (χ3v) is 3.90. The summed E-state index contributed by atoms with van der Waals surface area (Å²) in [5.74, 6) is 0.567. The van der Waals surface area contributed by atoms with Gasteiger partial charge >= 0.3 is 0 Å². The predicted octanol–water partition coefficient (Wildman–Crippen LogP) is 0.350. The number of piperidine rings is 1. The van der Waals surface area contributed by atoms with Crippen molar-refractivity contribution >= 4 is 5.91 Å². The lowest BCUT2D eigenvalue weighted by Crippen LogP contribution is -2.49. The molecule has 0 bridgehead atoms. The third kappa shape index (κ3) is 3.22. The lowest BCUT2D eigenvalue weighted by atomic mass is 10.1. The Balaban J connectivity index is 1.43. The average Bonchev–Trinajstić information content (AvgIpc) is 3.10. The molecular weight excluding hydrogens is 232 g/mol. The van der Waals surface area contributed by atoms with Crippen molar-refractivity contribution in [3.05, 3.63) is 0 Å². The molecule has 5 nitrogen and oxygen atoms in total.